The zero-order valence-electron chi connectivity index (χ0n) is 17.5. The molecule has 9 heteroatoms. The fourth-order valence-corrected chi connectivity index (χ4v) is 4.04. The summed E-state index contributed by atoms with van der Waals surface area (Å²) in [4.78, 5) is 35.6. The van der Waals surface area contributed by atoms with Crippen LogP contribution < -0.4 is 15.8 Å². The van der Waals surface area contributed by atoms with E-state index in [0.29, 0.717) is 5.00 Å². The van der Waals surface area contributed by atoms with Gasteiger partial charge in [-0.2, -0.15) is 0 Å². The van der Waals surface area contributed by atoms with Crippen molar-refractivity contribution in [1.82, 2.24) is 14.5 Å². The molecule has 162 valence electrons. The number of thiazole rings is 1. The van der Waals surface area contributed by atoms with Gasteiger partial charge in [0.25, 0.3) is 11.5 Å². The van der Waals surface area contributed by atoms with Gasteiger partial charge in [-0.3, -0.25) is 19.1 Å². The lowest BCUT2D eigenvalue weighted by molar-refractivity contribution is 0.101. The number of hydrogen-bond acceptors (Lipinski definition) is 7. The molecule has 2 heterocycles. The Labute approximate surface area is 188 Å². The first-order valence-corrected chi connectivity index (χ1v) is 10.7. The quantitative estimate of drug-likeness (QED) is 0.470. The highest BCUT2D eigenvalue weighted by Crippen LogP contribution is 2.31. The summed E-state index contributed by atoms with van der Waals surface area (Å²) in [6, 6.07) is 19.3. The fraction of sp³-hybridized carbons (Fsp3) is 0.130. The molecule has 2 aromatic heterocycles. The van der Waals surface area contributed by atoms with E-state index in [2.05, 4.69) is 15.3 Å². The first-order valence-electron chi connectivity index (χ1n) is 9.80. The van der Waals surface area contributed by atoms with Crippen LogP contribution in [0.25, 0.3) is 0 Å². The maximum Gasteiger partial charge on any atom is 0.297 e. The summed E-state index contributed by atoms with van der Waals surface area (Å²) in [5, 5.41) is 13.5. The number of amides is 1. The van der Waals surface area contributed by atoms with Gasteiger partial charge in [-0.25, -0.2) is 4.98 Å². The smallest absolute Gasteiger partial charge is 0.297 e. The van der Waals surface area contributed by atoms with Crippen LogP contribution in [0.3, 0.4) is 0 Å². The van der Waals surface area contributed by atoms with Gasteiger partial charge in [-0.15, -0.1) is 11.3 Å². The Kier molecular flexibility index (Phi) is 6.00. The van der Waals surface area contributed by atoms with Crippen molar-refractivity contribution in [2.75, 3.05) is 17.3 Å². The van der Waals surface area contributed by atoms with Crippen molar-refractivity contribution >= 4 is 28.2 Å². The van der Waals surface area contributed by atoms with Crippen molar-refractivity contribution in [2.45, 2.75) is 6.04 Å². The number of aromatic hydroxyl groups is 1. The molecule has 2 aromatic carbocycles. The normalized spacial score (nSPS) is 10.8. The average molecular weight is 448 g/mol. The number of nitrogens with one attached hydrogen (secondary N) is 1. The molecule has 0 saturated carbocycles. The molecular formula is C23H21N5O3S. The van der Waals surface area contributed by atoms with Crippen LogP contribution >= 0.6 is 11.3 Å². The van der Waals surface area contributed by atoms with Crippen molar-refractivity contribution in [3.8, 4) is 5.75 Å². The molecule has 0 bridgehead atoms. The van der Waals surface area contributed by atoms with Crippen molar-refractivity contribution in [1.29, 1.82) is 0 Å². The van der Waals surface area contributed by atoms with Crippen molar-refractivity contribution in [3.05, 3.63) is 99.5 Å². The molecule has 4 rings (SSSR count). The molecule has 0 fully saturated rings. The Morgan fingerprint density at radius 3 is 2.22 bits per heavy atom. The average Bonchev–Trinajstić information content (AvgIpc) is 3.32. The first-order chi connectivity index (χ1) is 15.5. The minimum atomic E-state index is -0.712. The van der Waals surface area contributed by atoms with Gasteiger partial charge in [-0.1, -0.05) is 60.7 Å². The Balaban J connectivity index is 1.81. The Bertz CT molecular complexity index is 1230. The van der Waals surface area contributed by atoms with E-state index in [4.69, 9.17) is 0 Å². The van der Waals surface area contributed by atoms with Gasteiger partial charge in [0.2, 0.25) is 11.7 Å². The molecular weight excluding hydrogens is 426 g/mol. The lowest BCUT2D eigenvalue weighted by Crippen LogP contribution is -2.34. The van der Waals surface area contributed by atoms with Gasteiger partial charge in [-0.05, 0) is 11.1 Å². The number of nitrogens with zero attached hydrogens (tertiary/aromatic N) is 4. The molecule has 0 saturated heterocycles. The number of aromatic nitrogens is 3. The molecule has 0 spiro atoms. The Morgan fingerprint density at radius 2 is 1.69 bits per heavy atom. The number of anilines is 2. The number of carbonyl (C=O) groups is 1. The second-order valence-electron chi connectivity index (χ2n) is 7.13. The van der Waals surface area contributed by atoms with Crippen LogP contribution in [-0.4, -0.2) is 32.6 Å². The highest BCUT2D eigenvalue weighted by molar-refractivity contribution is 7.14. The Morgan fingerprint density at radius 1 is 1.09 bits per heavy atom. The maximum atomic E-state index is 12.8. The van der Waals surface area contributed by atoms with Crippen LogP contribution in [0.1, 0.15) is 27.7 Å². The van der Waals surface area contributed by atoms with Crippen LogP contribution in [0.2, 0.25) is 0 Å². The molecule has 2 N–H and O–H groups in total. The van der Waals surface area contributed by atoms with Crippen molar-refractivity contribution < 1.29 is 9.90 Å². The lowest BCUT2D eigenvalue weighted by Gasteiger charge is -2.31. The lowest BCUT2D eigenvalue weighted by atomic mass is 9.97. The molecule has 0 unspecified atom stereocenters. The Hall–Kier alpha value is -3.98. The highest BCUT2D eigenvalue weighted by atomic mass is 32.1. The van der Waals surface area contributed by atoms with Crippen LogP contribution in [0.5, 0.6) is 5.75 Å². The number of hydrogen-bond donors (Lipinski definition) is 2. The third kappa shape index (κ3) is 4.10. The van der Waals surface area contributed by atoms with Gasteiger partial charge >= 0.3 is 0 Å². The topological polar surface area (TPSA) is 100 Å². The number of benzene rings is 2. The third-order valence-electron chi connectivity index (χ3n) is 5.06. The van der Waals surface area contributed by atoms with Crippen LogP contribution in [-0.2, 0) is 7.05 Å². The summed E-state index contributed by atoms with van der Waals surface area (Å²) >= 11 is 1.22. The predicted molar refractivity (Wildman–Crippen MR) is 124 cm³/mol. The molecule has 0 atom stereocenters. The van der Waals surface area contributed by atoms with E-state index in [1.165, 1.54) is 29.1 Å². The molecule has 8 nitrogen and oxygen atoms in total. The number of rotatable bonds is 6. The van der Waals surface area contributed by atoms with Crippen LogP contribution in [0.4, 0.5) is 10.9 Å². The van der Waals surface area contributed by atoms with Gasteiger partial charge in [0, 0.05) is 14.1 Å². The molecule has 0 aliphatic rings. The fourth-order valence-electron chi connectivity index (χ4n) is 3.53. The van der Waals surface area contributed by atoms with Crippen LogP contribution in [0.15, 0.2) is 77.2 Å². The third-order valence-corrected chi connectivity index (χ3v) is 5.75. The van der Waals surface area contributed by atoms with E-state index >= 15 is 0 Å². The van der Waals surface area contributed by atoms with E-state index in [1.54, 1.807) is 12.6 Å². The predicted octanol–water partition coefficient (Wildman–Crippen LogP) is 3.42. The van der Waals surface area contributed by atoms with Gasteiger partial charge in [0.15, 0.2) is 5.69 Å². The molecule has 32 heavy (non-hydrogen) atoms. The SMILES string of the molecule is CN(c1nc(C(=O)Nc2cncs2)c(O)c(=O)n1C)C(c1ccccc1)c1ccccc1. The summed E-state index contributed by atoms with van der Waals surface area (Å²) in [5.74, 6) is -1.15. The summed E-state index contributed by atoms with van der Waals surface area (Å²) in [6.45, 7) is 0. The largest absolute Gasteiger partial charge is 0.501 e. The monoisotopic (exact) mass is 447 g/mol. The standard InChI is InChI=1S/C23H21N5O3S/c1-27(19(15-9-5-3-6-10-15)16-11-7-4-8-12-16)23-26-18(20(29)22(31)28(23)2)21(30)25-17-13-24-14-32-17/h3-14,19,29H,1-2H3,(H,25,30). The summed E-state index contributed by atoms with van der Waals surface area (Å²) in [5.41, 5.74) is 2.48. The second-order valence-corrected chi connectivity index (χ2v) is 8.01. The second kappa shape index (κ2) is 9.03. The summed E-state index contributed by atoms with van der Waals surface area (Å²) in [6.07, 6.45) is 1.48. The highest BCUT2D eigenvalue weighted by Gasteiger charge is 2.27. The van der Waals surface area contributed by atoms with E-state index in [9.17, 15) is 14.7 Å². The zero-order valence-corrected chi connectivity index (χ0v) is 18.3. The summed E-state index contributed by atoms with van der Waals surface area (Å²) in [7, 11) is 3.31. The van der Waals surface area contributed by atoms with E-state index in [1.807, 2.05) is 65.6 Å². The van der Waals surface area contributed by atoms with Gasteiger partial charge < -0.3 is 15.3 Å². The van der Waals surface area contributed by atoms with E-state index in [0.717, 1.165) is 11.1 Å². The minimum absolute atomic E-state index is 0.236. The maximum absolute atomic E-state index is 12.8. The van der Waals surface area contributed by atoms with Gasteiger partial charge in [0.1, 0.15) is 5.00 Å². The van der Waals surface area contributed by atoms with Crippen LogP contribution in [0, 0.1) is 0 Å². The van der Waals surface area contributed by atoms with Crippen molar-refractivity contribution in [2.24, 2.45) is 7.05 Å². The molecule has 0 radical (unpaired) electrons. The van der Waals surface area contributed by atoms with E-state index < -0.39 is 17.2 Å². The molecule has 4 aromatic rings. The zero-order chi connectivity index (χ0) is 22.7. The van der Waals surface area contributed by atoms with Crippen molar-refractivity contribution in [3.63, 3.8) is 0 Å². The number of carbonyl (C=O) groups excluding carboxylic acids is 1. The van der Waals surface area contributed by atoms with E-state index in [-0.39, 0.29) is 17.7 Å². The molecule has 1 amide bonds. The minimum Gasteiger partial charge on any atom is -0.501 e. The van der Waals surface area contributed by atoms with Gasteiger partial charge in [0.05, 0.1) is 17.7 Å². The summed E-state index contributed by atoms with van der Waals surface area (Å²) < 4.78 is 1.23. The first kappa shape index (κ1) is 21.3. The molecule has 0 aliphatic carbocycles. The molecule has 0 aliphatic heterocycles.